The molecule has 19 heavy (non-hydrogen) atoms. The van der Waals surface area contributed by atoms with Crippen molar-refractivity contribution in [1.82, 2.24) is 4.90 Å². The van der Waals surface area contributed by atoms with Crippen molar-refractivity contribution in [3.8, 4) is 0 Å². The number of nitrogens with zero attached hydrogens (tertiary/aromatic N) is 1. The van der Waals surface area contributed by atoms with Crippen molar-refractivity contribution in [2.75, 3.05) is 6.54 Å². The van der Waals surface area contributed by atoms with Crippen molar-refractivity contribution in [3.05, 3.63) is 35.6 Å². The minimum atomic E-state index is -0.298. The van der Waals surface area contributed by atoms with Crippen molar-refractivity contribution in [2.45, 2.75) is 52.5 Å². The second-order valence-corrected chi connectivity index (χ2v) is 4.59. The molecule has 0 N–H and O–H groups in total. The van der Waals surface area contributed by atoms with Crippen LogP contribution in [0.2, 0.25) is 0 Å². The Hall–Kier alpha value is -1.38. The molecule has 0 aromatic heterocycles. The predicted molar refractivity (Wildman–Crippen MR) is 76.7 cm³/mol. The van der Waals surface area contributed by atoms with Gasteiger partial charge in [0.25, 0.3) is 5.91 Å². The van der Waals surface area contributed by atoms with Crippen LogP contribution in [0.5, 0.6) is 0 Å². The molecule has 1 unspecified atom stereocenters. The van der Waals surface area contributed by atoms with Gasteiger partial charge in [0.15, 0.2) is 0 Å². The maximum atomic E-state index is 12.8. The standard InChI is InChI=1S/C14H18FNO.C2H6/c1-2-4-13-5-3-10-16(13)14(17)11-6-8-12(15)9-7-11;1-2/h6-9,13H,2-5,10H2,1H3;1-2H3. The lowest BCUT2D eigenvalue weighted by Crippen LogP contribution is -2.35. The fraction of sp³-hybridized carbons (Fsp3) is 0.562. The summed E-state index contributed by atoms with van der Waals surface area (Å²) < 4.78 is 12.8. The van der Waals surface area contributed by atoms with E-state index in [-0.39, 0.29) is 11.7 Å². The summed E-state index contributed by atoms with van der Waals surface area (Å²) in [5, 5.41) is 0. The first kappa shape index (κ1) is 15.7. The molecule has 0 aliphatic carbocycles. The summed E-state index contributed by atoms with van der Waals surface area (Å²) in [4.78, 5) is 14.2. The second kappa shape index (κ2) is 7.93. The summed E-state index contributed by atoms with van der Waals surface area (Å²) in [7, 11) is 0. The summed E-state index contributed by atoms with van der Waals surface area (Å²) in [6.45, 7) is 6.97. The van der Waals surface area contributed by atoms with Crippen LogP contribution in [-0.2, 0) is 0 Å². The molecular formula is C16H24FNO. The first-order valence-corrected chi connectivity index (χ1v) is 7.29. The summed E-state index contributed by atoms with van der Waals surface area (Å²) in [5.74, 6) is -0.256. The van der Waals surface area contributed by atoms with E-state index >= 15 is 0 Å². The van der Waals surface area contributed by atoms with Gasteiger partial charge in [-0.05, 0) is 43.5 Å². The van der Waals surface area contributed by atoms with Gasteiger partial charge in [0.1, 0.15) is 5.82 Å². The Kier molecular flexibility index (Phi) is 6.54. The van der Waals surface area contributed by atoms with Crippen molar-refractivity contribution in [1.29, 1.82) is 0 Å². The van der Waals surface area contributed by atoms with Gasteiger partial charge in [0.2, 0.25) is 0 Å². The van der Waals surface area contributed by atoms with E-state index in [9.17, 15) is 9.18 Å². The zero-order chi connectivity index (χ0) is 14.3. The fourth-order valence-corrected chi connectivity index (χ4v) is 2.49. The minimum absolute atomic E-state index is 0.0425. The topological polar surface area (TPSA) is 20.3 Å². The second-order valence-electron chi connectivity index (χ2n) is 4.59. The molecule has 0 spiro atoms. The highest BCUT2D eigenvalue weighted by Crippen LogP contribution is 2.23. The van der Waals surface area contributed by atoms with Crippen LogP contribution >= 0.6 is 0 Å². The largest absolute Gasteiger partial charge is 0.336 e. The highest BCUT2D eigenvalue weighted by Gasteiger charge is 2.28. The SMILES string of the molecule is CC.CCCC1CCCN1C(=O)c1ccc(F)cc1. The molecule has 1 fully saturated rings. The van der Waals surface area contributed by atoms with Crippen molar-refractivity contribution in [2.24, 2.45) is 0 Å². The molecule has 1 aromatic rings. The molecule has 1 amide bonds. The van der Waals surface area contributed by atoms with Gasteiger partial charge in [-0.15, -0.1) is 0 Å². The number of hydrogen-bond acceptors (Lipinski definition) is 1. The first-order valence-electron chi connectivity index (χ1n) is 7.29. The molecule has 1 heterocycles. The van der Waals surface area contributed by atoms with Crippen LogP contribution in [-0.4, -0.2) is 23.4 Å². The Morgan fingerprint density at radius 2 is 1.95 bits per heavy atom. The Morgan fingerprint density at radius 3 is 2.53 bits per heavy atom. The van der Waals surface area contributed by atoms with Gasteiger partial charge in [-0.25, -0.2) is 4.39 Å². The molecule has 1 aliphatic heterocycles. The lowest BCUT2D eigenvalue weighted by atomic mass is 10.1. The highest BCUT2D eigenvalue weighted by atomic mass is 19.1. The van der Waals surface area contributed by atoms with E-state index in [1.54, 1.807) is 12.1 Å². The van der Waals surface area contributed by atoms with Gasteiger partial charge in [-0.1, -0.05) is 27.2 Å². The van der Waals surface area contributed by atoms with Gasteiger partial charge in [-0.2, -0.15) is 0 Å². The van der Waals surface area contributed by atoms with Gasteiger partial charge in [0, 0.05) is 18.2 Å². The zero-order valence-electron chi connectivity index (χ0n) is 12.2. The van der Waals surface area contributed by atoms with Crippen LogP contribution in [0, 0.1) is 5.82 Å². The monoisotopic (exact) mass is 265 g/mol. The van der Waals surface area contributed by atoms with Crippen LogP contribution in [0.15, 0.2) is 24.3 Å². The average Bonchev–Trinajstić information content (AvgIpc) is 2.90. The molecule has 1 saturated heterocycles. The molecule has 0 saturated carbocycles. The smallest absolute Gasteiger partial charge is 0.254 e. The third kappa shape index (κ3) is 4.05. The number of carbonyl (C=O) groups is 1. The normalized spacial score (nSPS) is 17.9. The molecule has 0 radical (unpaired) electrons. The summed E-state index contributed by atoms with van der Waals surface area (Å²) in [6, 6.07) is 6.20. The van der Waals surface area contributed by atoms with Crippen LogP contribution in [0.3, 0.4) is 0 Å². The van der Waals surface area contributed by atoms with E-state index in [0.29, 0.717) is 11.6 Å². The molecule has 1 aromatic carbocycles. The molecule has 2 nitrogen and oxygen atoms in total. The summed E-state index contributed by atoms with van der Waals surface area (Å²) >= 11 is 0. The molecule has 1 atom stereocenters. The Morgan fingerprint density at radius 1 is 1.32 bits per heavy atom. The molecule has 106 valence electrons. The number of hydrogen-bond donors (Lipinski definition) is 0. The lowest BCUT2D eigenvalue weighted by molar-refractivity contribution is 0.0730. The average molecular weight is 265 g/mol. The third-order valence-corrected chi connectivity index (χ3v) is 3.35. The number of amides is 1. The summed E-state index contributed by atoms with van der Waals surface area (Å²) in [6.07, 6.45) is 4.34. The van der Waals surface area contributed by atoms with E-state index in [4.69, 9.17) is 0 Å². The fourth-order valence-electron chi connectivity index (χ4n) is 2.49. The van der Waals surface area contributed by atoms with Crippen molar-refractivity contribution >= 4 is 5.91 Å². The van der Waals surface area contributed by atoms with Crippen LogP contribution < -0.4 is 0 Å². The maximum Gasteiger partial charge on any atom is 0.254 e. The number of benzene rings is 1. The Bertz CT molecular complexity index is 388. The third-order valence-electron chi connectivity index (χ3n) is 3.35. The van der Waals surface area contributed by atoms with E-state index in [1.165, 1.54) is 12.1 Å². The quantitative estimate of drug-likeness (QED) is 0.799. The van der Waals surface area contributed by atoms with Crippen LogP contribution in [0.4, 0.5) is 4.39 Å². The minimum Gasteiger partial charge on any atom is -0.336 e. The number of likely N-dealkylation sites (tertiary alicyclic amines) is 1. The first-order chi connectivity index (χ1) is 9.22. The Balaban J connectivity index is 0.000000861. The van der Waals surface area contributed by atoms with E-state index in [0.717, 1.165) is 32.2 Å². The van der Waals surface area contributed by atoms with E-state index in [2.05, 4.69) is 6.92 Å². The number of halogens is 1. The molecule has 1 aliphatic rings. The molecule has 2 rings (SSSR count). The van der Waals surface area contributed by atoms with Gasteiger partial charge in [-0.3, -0.25) is 4.79 Å². The van der Waals surface area contributed by atoms with E-state index in [1.807, 2.05) is 18.7 Å². The number of carbonyl (C=O) groups excluding carboxylic acids is 1. The molecule has 3 heteroatoms. The van der Waals surface area contributed by atoms with Crippen molar-refractivity contribution < 1.29 is 9.18 Å². The zero-order valence-corrected chi connectivity index (χ0v) is 12.2. The molecular weight excluding hydrogens is 241 g/mol. The lowest BCUT2D eigenvalue weighted by Gasteiger charge is -2.24. The molecule has 0 bridgehead atoms. The number of rotatable bonds is 3. The highest BCUT2D eigenvalue weighted by molar-refractivity contribution is 5.94. The van der Waals surface area contributed by atoms with Gasteiger partial charge < -0.3 is 4.90 Å². The Labute approximate surface area is 115 Å². The van der Waals surface area contributed by atoms with Gasteiger partial charge in [0.05, 0.1) is 0 Å². The summed E-state index contributed by atoms with van der Waals surface area (Å²) in [5.41, 5.74) is 0.592. The van der Waals surface area contributed by atoms with Gasteiger partial charge >= 0.3 is 0 Å². The van der Waals surface area contributed by atoms with E-state index < -0.39 is 0 Å². The van der Waals surface area contributed by atoms with Crippen molar-refractivity contribution in [3.63, 3.8) is 0 Å². The van der Waals surface area contributed by atoms with Crippen LogP contribution in [0.1, 0.15) is 56.8 Å². The predicted octanol–water partition coefficient (Wildman–Crippen LogP) is 4.26. The maximum absolute atomic E-state index is 12.8. The van der Waals surface area contributed by atoms with Crippen LogP contribution in [0.25, 0.3) is 0 Å².